The first kappa shape index (κ1) is 11.7. The van der Waals surface area contributed by atoms with Crippen LogP contribution in [0.15, 0.2) is 34.9 Å². The summed E-state index contributed by atoms with van der Waals surface area (Å²) < 4.78 is 2.91. The van der Waals surface area contributed by atoms with Crippen LogP contribution in [0.4, 0.5) is 0 Å². The van der Waals surface area contributed by atoms with Gasteiger partial charge in [0.1, 0.15) is 0 Å². The molecule has 2 aromatic rings. The zero-order chi connectivity index (χ0) is 12.5. The highest BCUT2D eigenvalue weighted by Crippen LogP contribution is 2.24. The number of halogens is 1. The Labute approximate surface area is 114 Å². The van der Waals surface area contributed by atoms with E-state index in [2.05, 4.69) is 21.0 Å². The molecule has 1 aliphatic rings. The minimum absolute atomic E-state index is 0.226. The van der Waals surface area contributed by atoms with E-state index in [-0.39, 0.29) is 5.78 Å². The molecule has 92 valence electrons. The third-order valence-corrected chi connectivity index (χ3v) is 3.78. The van der Waals surface area contributed by atoms with Gasteiger partial charge in [-0.15, -0.1) is 0 Å². The number of hydrogen-bond acceptors (Lipinski definition) is 2. The van der Waals surface area contributed by atoms with Gasteiger partial charge in [0.25, 0.3) is 0 Å². The number of rotatable bonds is 1. The highest BCUT2D eigenvalue weighted by atomic mass is 79.9. The maximum atomic E-state index is 12.0. The third-order valence-electron chi connectivity index (χ3n) is 3.29. The Kier molecular flexibility index (Phi) is 3.04. The molecule has 0 saturated heterocycles. The number of fused-ring (bicyclic) bond motifs is 1. The van der Waals surface area contributed by atoms with Gasteiger partial charge < -0.3 is 0 Å². The SMILES string of the molecule is O=C1CCCCc2c1cnn2-c1cccc(Br)c1. The quantitative estimate of drug-likeness (QED) is 0.755. The monoisotopic (exact) mass is 304 g/mol. The molecule has 1 aromatic carbocycles. The van der Waals surface area contributed by atoms with E-state index >= 15 is 0 Å². The molecule has 4 heteroatoms. The molecular formula is C14H13BrN2O. The summed E-state index contributed by atoms with van der Waals surface area (Å²) in [6, 6.07) is 7.99. The number of hydrogen-bond donors (Lipinski definition) is 0. The van der Waals surface area contributed by atoms with Gasteiger partial charge in [-0.05, 0) is 37.5 Å². The van der Waals surface area contributed by atoms with E-state index in [0.717, 1.165) is 40.7 Å². The topological polar surface area (TPSA) is 34.9 Å². The molecule has 0 radical (unpaired) electrons. The van der Waals surface area contributed by atoms with Crippen molar-refractivity contribution in [3.63, 3.8) is 0 Å². The minimum Gasteiger partial charge on any atom is -0.294 e. The van der Waals surface area contributed by atoms with E-state index in [4.69, 9.17) is 0 Å². The van der Waals surface area contributed by atoms with Gasteiger partial charge in [-0.1, -0.05) is 22.0 Å². The van der Waals surface area contributed by atoms with Crippen molar-refractivity contribution in [2.45, 2.75) is 25.7 Å². The van der Waals surface area contributed by atoms with Crippen LogP contribution in [0.2, 0.25) is 0 Å². The standard InChI is InChI=1S/C14H13BrN2O/c15-10-4-3-5-11(8-10)17-13-6-1-2-7-14(18)12(13)9-16-17/h3-5,8-9H,1-2,6-7H2. The van der Waals surface area contributed by atoms with Crippen molar-refractivity contribution < 1.29 is 4.79 Å². The van der Waals surface area contributed by atoms with Crippen molar-refractivity contribution in [2.75, 3.05) is 0 Å². The molecule has 18 heavy (non-hydrogen) atoms. The fourth-order valence-corrected chi connectivity index (χ4v) is 2.78. The molecule has 0 bridgehead atoms. The van der Waals surface area contributed by atoms with Gasteiger partial charge in [0.05, 0.1) is 23.1 Å². The molecule has 1 aliphatic carbocycles. The third kappa shape index (κ3) is 2.01. The molecule has 3 rings (SSSR count). The average Bonchev–Trinajstić information content (AvgIpc) is 2.70. The van der Waals surface area contributed by atoms with Gasteiger partial charge in [-0.3, -0.25) is 4.79 Å². The van der Waals surface area contributed by atoms with Gasteiger partial charge in [0, 0.05) is 10.9 Å². The number of Topliss-reactive ketones (excluding diaryl/α,β-unsaturated/α-hetero) is 1. The predicted octanol–water partition coefficient (Wildman–Crippen LogP) is 3.54. The molecule has 0 unspecified atom stereocenters. The second-order valence-electron chi connectivity index (χ2n) is 4.53. The first-order valence-electron chi connectivity index (χ1n) is 6.12. The zero-order valence-corrected chi connectivity index (χ0v) is 11.5. The van der Waals surface area contributed by atoms with Crippen molar-refractivity contribution in [1.82, 2.24) is 9.78 Å². The Morgan fingerprint density at radius 2 is 2.06 bits per heavy atom. The second-order valence-corrected chi connectivity index (χ2v) is 5.44. The molecule has 0 spiro atoms. The molecule has 1 heterocycles. The van der Waals surface area contributed by atoms with Crippen LogP contribution in [0, 0.1) is 0 Å². The Bertz CT molecular complexity index is 604. The summed E-state index contributed by atoms with van der Waals surface area (Å²) in [7, 11) is 0. The molecule has 0 amide bonds. The van der Waals surface area contributed by atoms with Crippen LogP contribution in [0.25, 0.3) is 5.69 Å². The van der Waals surface area contributed by atoms with Crippen LogP contribution in [-0.4, -0.2) is 15.6 Å². The van der Waals surface area contributed by atoms with E-state index in [0.29, 0.717) is 6.42 Å². The van der Waals surface area contributed by atoms with Gasteiger partial charge in [-0.25, -0.2) is 4.68 Å². The summed E-state index contributed by atoms with van der Waals surface area (Å²) >= 11 is 3.46. The van der Waals surface area contributed by atoms with Gasteiger partial charge >= 0.3 is 0 Å². The molecule has 0 N–H and O–H groups in total. The van der Waals surface area contributed by atoms with Crippen molar-refractivity contribution in [3.8, 4) is 5.69 Å². The largest absolute Gasteiger partial charge is 0.294 e. The van der Waals surface area contributed by atoms with E-state index in [1.165, 1.54) is 0 Å². The van der Waals surface area contributed by atoms with E-state index in [1.54, 1.807) is 6.20 Å². The highest BCUT2D eigenvalue weighted by Gasteiger charge is 2.20. The maximum Gasteiger partial charge on any atom is 0.166 e. The van der Waals surface area contributed by atoms with Crippen LogP contribution < -0.4 is 0 Å². The van der Waals surface area contributed by atoms with E-state index in [9.17, 15) is 4.79 Å². The predicted molar refractivity (Wildman–Crippen MR) is 73.1 cm³/mol. The molecule has 1 aromatic heterocycles. The van der Waals surface area contributed by atoms with Crippen molar-refractivity contribution >= 4 is 21.7 Å². The highest BCUT2D eigenvalue weighted by molar-refractivity contribution is 9.10. The lowest BCUT2D eigenvalue weighted by Crippen LogP contribution is -2.04. The van der Waals surface area contributed by atoms with Crippen molar-refractivity contribution in [2.24, 2.45) is 0 Å². The molecule has 0 fully saturated rings. The van der Waals surface area contributed by atoms with Gasteiger partial charge in [-0.2, -0.15) is 5.10 Å². The van der Waals surface area contributed by atoms with Crippen LogP contribution in [0.5, 0.6) is 0 Å². The molecule has 0 saturated carbocycles. The number of benzene rings is 1. The summed E-state index contributed by atoms with van der Waals surface area (Å²) in [5.41, 5.74) is 2.85. The lowest BCUT2D eigenvalue weighted by Gasteiger charge is -2.07. The smallest absolute Gasteiger partial charge is 0.166 e. The fraction of sp³-hybridized carbons (Fsp3) is 0.286. The fourth-order valence-electron chi connectivity index (χ4n) is 2.39. The Morgan fingerprint density at radius 1 is 1.22 bits per heavy atom. The summed E-state index contributed by atoms with van der Waals surface area (Å²) in [5.74, 6) is 0.226. The lowest BCUT2D eigenvalue weighted by molar-refractivity contribution is 0.0982. The summed E-state index contributed by atoms with van der Waals surface area (Å²) in [5, 5.41) is 4.38. The summed E-state index contributed by atoms with van der Waals surface area (Å²) in [6.45, 7) is 0. The second kappa shape index (κ2) is 4.69. The molecule has 3 nitrogen and oxygen atoms in total. The normalized spacial score (nSPS) is 15.3. The minimum atomic E-state index is 0.226. The molecule has 0 atom stereocenters. The zero-order valence-electron chi connectivity index (χ0n) is 9.90. The van der Waals surface area contributed by atoms with Crippen LogP contribution in [0.1, 0.15) is 35.3 Å². The maximum absolute atomic E-state index is 12.0. The van der Waals surface area contributed by atoms with E-state index in [1.807, 2.05) is 28.9 Å². The van der Waals surface area contributed by atoms with Crippen molar-refractivity contribution in [3.05, 3.63) is 46.2 Å². The first-order chi connectivity index (χ1) is 8.75. The van der Waals surface area contributed by atoms with Crippen molar-refractivity contribution in [1.29, 1.82) is 0 Å². The number of carbonyl (C=O) groups is 1. The Hall–Kier alpha value is -1.42. The van der Waals surface area contributed by atoms with Gasteiger partial charge in [0.2, 0.25) is 0 Å². The Balaban J connectivity index is 2.11. The lowest BCUT2D eigenvalue weighted by atomic mass is 10.1. The van der Waals surface area contributed by atoms with Gasteiger partial charge in [0.15, 0.2) is 5.78 Å². The van der Waals surface area contributed by atoms with Crippen LogP contribution >= 0.6 is 15.9 Å². The molecular weight excluding hydrogens is 292 g/mol. The van der Waals surface area contributed by atoms with Crippen LogP contribution in [0.3, 0.4) is 0 Å². The van der Waals surface area contributed by atoms with E-state index < -0.39 is 0 Å². The first-order valence-corrected chi connectivity index (χ1v) is 6.91. The Morgan fingerprint density at radius 3 is 2.89 bits per heavy atom. The number of aromatic nitrogens is 2. The number of nitrogens with zero attached hydrogens (tertiary/aromatic N) is 2. The molecule has 0 aliphatic heterocycles. The number of ketones is 1. The van der Waals surface area contributed by atoms with Crippen LogP contribution in [-0.2, 0) is 6.42 Å². The summed E-state index contributed by atoms with van der Waals surface area (Å²) in [6.07, 6.45) is 5.32. The number of carbonyl (C=O) groups excluding carboxylic acids is 1. The summed E-state index contributed by atoms with van der Waals surface area (Å²) in [4.78, 5) is 12.0. The average molecular weight is 305 g/mol.